The average Bonchev–Trinajstić information content (AvgIpc) is 2.67. The van der Waals surface area contributed by atoms with Crippen LogP contribution in [-0.2, 0) is 4.79 Å². The summed E-state index contributed by atoms with van der Waals surface area (Å²) in [7, 11) is 0. The van der Waals surface area contributed by atoms with Gasteiger partial charge in [0.05, 0.1) is 6.04 Å². The van der Waals surface area contributed by atoms with Crippen LogP contribution in [-0.4, -0.2) is 5.91 Å². The minimum absolute atomic E-state index is 0.0248. The normalized spacial score (nSPS) is 18.2. The van der Waals surface area contributed by atoms with E-state index in [-0.39, 0.29) is 11.9 Å². The Morgan fingerprint density at radius 3 is 2.65 bits per heavy atom. The van der Waals surface area contributed by atoms with E-state index in [0.29, 0.717) is 12.3 Å². The molecule has 0 aliphatic heterocycles. The number of hydrogen-bond acceptors (Lipinski definition) is 2. The van der Waals surface area contributed by atoms with Gasteiger partial charge >= 0.3 is 0 Å². The van der Waals surface area contributed by atoms with Crippen LogP contribution in [0.5, 0.6) is 0 Å². The van der Waals surface area contributed by atoms with Gasteiger partial charge in [0, 0.05) is 12.1 Å². The number of amides is 1. The van der Waals surface area contributed by atoms with Gasteiger partial charge in [0.25, 0.3) is 0 Å². The van der Waals surface area contributed by atoms with Crippen molar-refractivity contribution in [3.05, 3.63) is 29.8 Å². The van der Waals surface area contributed by atoms with E-state index >= 15 is 0 Å². The summed E-state index contributed by atoms with van der Waals surface area (Å²) in [6, 6.07) is 7.75. The molecule has 2 rings (SSSR count). The Morgan fingerprint density at radius 1 is 1.30 bits per heavy atom. The number of carbonyl (C=O) groups excluding carboxylic acids is 1. The number of nitrogens with two attached hydrogens (primary N) is 1. The van der Waals surface area contributed by atoms with E-state index in [4.69, 9.17) is 5.73 Å². The minimum Gasteiger partial charge on any atom is -0.399 e. The third-order valence-electron chi connectivity index (χ3n) is 4.24. The van der Waals surface area contributed by atoms with Gasteiger partial charge in [-0.1, -0.05) is 37.8 Å². The molecular formula is C17H26N2O. The number of anilines is 1. The Balaban J connectivity index is 1.84. The molecule has 1 atom stereocenters. The first kappa shape index (κ1) is 14.9. The maximum Gasteiger partial charge on any atom is 0.220 e. The summed E-state index contributed by atoms with van der Waals surface area (Å²) in [5.74, 6) is 0.748. The Kier molecular flexibility index (Phi) is 5.45. The van der Waals surface area contributed by atoms with Gasteiger partial charge < -0.3 is 11.1 Å². The number of nitrogens with one attached hydrogen (secondary N) is 1. The molecule has 1 aliphatic carbocycles. The molecule has 0 heterocycles. The van der Waals surface area contributed by atoms with Crippen molar-refractivity contribution in [2.24, 2.45) is 5.92 Å². The molecular weight excluding hydrogens is 248 g/mol. The molecule has 20 heavy (non-hydrogen) atoms. The molecule has 1 aromatic carbocycles. The van der Waals surface area contributed by atoms with Gasteiger partial charge in [-0.2, -0.15) is 0 Å². The second-order valence-electron chi connectivity index (χ2n) is 6.02. The van der Waals surface area contributed by atoms with E-state index in [1.807, 2.05) is 31.2 Å². The van der Waals surface area contributed by atoms with Crippen LogP contribution < -0.4 is 11.1 Å². The minimum atomic E-state index is 0.0248. The van der Waals surface area contributed by atoms with E-state index in [0.717, 1.165) is 11.3 Å². The zero-order valence-corrected chi connectivity index (χ0v) is 12.4. The lowest BCUT2D eigenvalue weighted by molar-refractivity contribution is -0.122. The predicted octanol–water partition coefficient (Wildman–Crippen LogP) is 3.81. The van der Waals surface area contributed by atoms with Crippen LogP contribution >= 0.6 is 0 Å². The molecule has 110 valence electrons. The molecule has 1 aromatic rings. The van der Waals surface area contributed by atoms with Gasteiger partial charge in [0.1, 0.15) is 0 Å². The molecule has 1 amide bonds. The Hall–Kier alpha value is -1.51. The summed E-state index contributed by atoms with van der Waals surface area (Å²) >= 11 is 0. The molecule has 1 aliphatic rings. The van der Waals surface area contributed by atoms with E-state index in [9.17, 15) is 4.79 Å². The van der Waals surface area contributed by atoms with Crippen LogP contribution in [0.25, 0.3) is 0 Å². The smallest absolute Gasteiger partial charge is 0.220 e. The average molecular weight is 274 g/mol. The lowest BCUT2D eigenvalue weighted by Crippen LogP contribution is -2.28. The molecule has 1 fully saturated rings. The molecule has 0 radical (unpaired) electrons. The van der Waals surface area contributed by atoms with Crippen LogP contribution in [0, 0.1) is 5.92 Å². The SMILES string of the molecule is CC(NC(=O)CC1CCCCCC1)c1cccc(N)c1. The second-order valence-corrected chi connectivity index (χ2v) is 6.02. The molecule has 0 aromatic heterocycles. The van der Waals surface area contributed by atoms with Gasteiger partial charge in [-0.3, -0.25) is 4.79 Å². The summed E-state index contributed by atoms with van der Waals surface area (Å²) in [6.07, 6.45) is 8.31. The fourth-order valence-electron chi connectivity index (χ4n) is 3.04. The van der Waals surface area contributed by atoms with Crippen molar-refractivity contribution in [1.82, 2.24) is 5.32 Å². The molecule has 3 N–H and O–H groups in total. The monoisotopic (exact) mass is 274 g/mol. The number of nitrogen functional groups attached to an aromatic ring is 1. The Bertz CT molecular complexity index is 436. The Labute approximate surface area is 121 Å². The van der Waals surface area contributed by atoms with Crippen molar-refractivity contribution in [2.45, 2.75) is 57.9 Å². The van der Waals surface area contributed by atoms with Crippen LogP contribution in [0.15, 0.2) is 24.3 Å². The van der Waals surface area contributed by atoms with Gasteiger partial charge in [-0.05, 0) is 43.4 Å². The van der Waals surface area contributed by atoms with Crippen molar-refractivity contribution < 1.29 is 4.79 Å². The van der Waals surface area contributed by atoms with Crippen molar-refractivity contribution in [1.29, 1.82) is 0 Å². The number of benzene rings is 1. The fourth-order valence-corrected chi connectivity index (χ4v) is 3.04. The number of rotatable bonds is 4. The van der Waals surface area contributed by atoms with Gasteiger partial charge in [0.15, 0.2) is 0 Å². The van der Waals surface area contributed by atoms with Crippen LogP contribution in [0.1, 0.15) is 63.5 Å². The summed E-state index contributed by atoms with van der Waals surface area (Å²) in [5, 5.41) is 3.10. The Morgan fingerprint density at radius 2 is 2.00 bits per heavy atom. The van der Waals surface area contributed by atoms with Gasteiger partial charge in [0.2, 0.25) is 5.91 Å². The summed E-state index contributed by atoms with van der Waals surface area (Å²) < 4.78 is 0. The maximum absolute atomic E-state index is 12.1. The highest BCUT2D eigenvalue weighted by Crippen LogP contribution is 2.25. The summed E-state index contributed by atoms with van der Waals surface area (Å²) in [5.41, 5.74) is 7.59. The molecule has 3 heteroatoms. The van der Waals surface area contributed by atoms with Gasteiger partial charge in [-0.15, -0.1) is 0 Å². The summed E-state index contributed by atoms with van der Waals surface area (Å²) in [6.45, 7) is 2.01. The third-order valence-corrected chi connectivity index (χ3v) is 4.24. The maximum atomic E-state index is 12.1. The highest BCUT2D eigenvalue weighted by atomic mass is 16.1. The highest BCUT2D eigenvalue weighted by Gasteiger charge is 2.17. The molecule has 0 saturated heterocycles. The lowest BCUT2D eigenvalue weighted by Gasteiger charge is -2.18. The number of hydrogen-bond donors (Lipinski definition) is 2. The standard InChI is InChI=1S/C17H26N2O/c1-13(15-9-6-10-16(18)12-15)19-17(20)11-14-7-4-2-3-5-8-14/h6,9-10,12-14H,2-5,7-8,11,18H2,1H3,(H,19,20). The first-order valence-electron chi connectivity index (χ1n) is 7.80. The highest BCUT2D eigenvalue weighted by molar-refractivity contribution is 5.76. The van der Waals surface area contributed by atoms with Crippen molar-refractivity contribution in [2.75, 3.05) is 5.73 Å². The van der Waals surface area contributed by atoms with Gasteiger partial charge in [-0.25, -0.2) is 0 Å². The topological polar surface area (TPSA) is 55.1 Å². The quantitative estimate of drug-likeness (QED) is 0.648. The van der Waals surface area contributed by atoms with Crippen molar-refractivity contribution in [3.8, 4) is 0 Å². The van der Waals surface area contributed by atoms with E-state index in [1.54, 1.807) is 0 Å². The second kappa shape index (κ2) is 7.32. The molecule has 0 bridgehead atoms. The molecule has 0 spiro atoms. The van der Waals surface area contributed by atoms with Crippen molar-refractivity contribution >= 4 is 11.6 Å². The first-order valence-corrected chi connectivity index (χ1v) is 7.80. The number of carbonyl (C=O) groups is 1. The van der Waals surface area contributed by atoms with Crippen LogP contribution in [0.4, 0.5) is 5.69 Å². The van der Waals surface area contributed by atoms with E-state index < -0.39 is 0 Å². The largest absolute Gasteiger partial charge is 0.399 e. The van der Waals surface area contributed by atoms with Crippen molar-refractivity contribution in [3.63, 3.8) is 0 Å². The molecule has 3 nitrogen and oxygen atoms in total. The fraction of sp³-hybridized carbons (Fsp3) is 0.588. The predicted molar refractivity (Wildman–Crippen MR) is 83.2 cm³/mol. The molecule has 1 unspecified atom stereocenters. The zero-order valence-electron chi connectivity index (χ0n) is 12.4. The van der Waals surface area contributed by atoms with E-state index in [1.165, 1.54) is 38.5 Å². The van der Waals surface area contributed by atoms with Crippen LogP contribution in [0.3, 0.4) is 0 Å². The van der Waals surface area contributed by atoms with E-state index in [2.05, 4.69) is 5.32 Å². The summed E-state index contributed by atoms with van der Waals surface area (Å²) in [4.78, 5) is 12.1. The first-order chi connectivity index (χ1) is 9.65. The zero-order chi connectivity index (χ0) is 14.4. The van der Waals surface area contributed by atoms with Crippen LogP contribution in [0.2, 0.25) is 0 Å². The third kappa shape index (κ3) is 4.55. The molecule has 1 saturated carbocycles. The lowest BCUT2D eigenvalue weighted by atomic mass is 9.96.